The molecule has 6 nitrogen and oxygen atoms in total. The molecular weight excluding hydrogens is 348 g/mol. The third-order valence-electron chi connectivity index (χ3n) is 6.25. The van der Waals surface area contributed by atoms with Crippen molar-refractivity contribution in [3.05, 3.63) is 23.3 Å². The molecule has 3 rings (SSSR count). The van der Waals surface area contributed by atoms with Gasteiger partial charge in [0.05, 0.1) is 5.41 Å². The number of rotatable bonds is 3. The molecular formula is C21H26O6. The number of fused-ring (bicyclic) bond motifs is 1. The zero-order valence-corrected chi connectivity index (χ0v) is 16.1. The fraction of sp³-hybridized carbons (Fsp3) is 0.619. The van der Waals surface area contributed by atoms with E-state index in [-0.39, 0.29) is 24.7 Å². The molecule has 0 radical (unpaired) electrons. The van der Waals surface area contributed by atoms with E-state index in [0.29, 0.717) is 35.8 Å². The molecule has 3 unspecified atom stereocenters. The minimum atomic E-state index is -0.946. The molecule has 6 heteroatoms. The minimum Gasteiger partial charge on any atom is -0.461 e. The van der Waals surface area contributed by atoms with Gasteiger partial charge in [-0.15, -0.1) is 0 Å². The van der Waals surface area contributed by atoms with Gasteiger partial charge in [-0.05, 0) is 42.7 Å². The molecule has 146 valence electrons. The normalized spacial score (nSPS) is 32.6. The zero-order valence-electron chi connectivity index (χ0n) is 16.1. The van der Waals surface area contributed by atoms with Crippen molar-refractivity contribution in [2.24, 2.45) is 16.7 Å². The van der Waals surface area contributed by atoms with Crippen LogP contribution < -0.4 is 0 Å². The highest BCUT2D eigenvalue weighted by Crippen LogP contribution is 2.54. The van der Waals surface area contributed by atoms with Crippen molar-refractivity contribution in [1.29, 1.82) is 0 Å². The molecule has 1 saturated carbocycles. The first kappa shape index (κ1) is 19.5. The standard InChI is InChI=1S/C21H26O6/c1-12(10-22)14-8-15-17(16(9-14)27-13(2)23)21(11-26-18(15)24)7-5-6-20(3,4)19(21)25/h10,14,16H,1,5-9,11H2,2-4H3. The molecule has 0 amide bonds. The van der Waals surface area contributed by atoms with Gasteiger partial charge in [-0.25, -0.2) is 4.79 Å². The molecule has 27 heavy (non-hydrogen) atoms. The van der Waals surface area contributed by atoms with Crippen LogP contribution in [0.5, 0.6) is 0 Å². The Hall–Kier alpha value is -2.24. The first-order valence-electron chi connectivity index (χ1n) is 9.39. The Bertz CT molecular complexity index is 759. The fourth-order valence-electron chi connectivity index (χ4n) is 4.94. The topological polar surface area (TPSA) is 86.7 Å². The average molecular weight is 374 g/mol. The lowest BCUT2D eigenvalue weighted by Gasteiger charge is -2.50. The molecule has 0 bridgehead atoms. The molecule has 2 aliphatic carbocycles. The van der Waals surface area contributed by atoms with Crippen LogP contribution in [-0.4, -0.2) is 36.7 Å². The van der Waals surface area contributed by atoms with Crippen LogP contribution >= 0.6 is 0 Å². The van der Waals surface area contributed by atoms with E-state index < -0.39 is 28.9 Å². The number of hydrogen-bond donors (Lipinski definition) is 0. The van der Waals surface area contributed by atoms with Crippen molar-refractivity contribution in [1.82, 2.24) is 0 Å². The van der Waals surface area contributed by atoms with Gasteiger partial charge in [-0.3, -0.25) is 14.4 Å². The van der Waals surface area contributed by atoms with Crippen LogP contribution in [0.1, 0.15) is 52.9 Å². The van der Waals surface area contributed by atoms with E-state index in [1.54, 1.807) is 0 Å². The summed E-state index contributed by atoms with van der Waals surface area (Å²) in [5.74, 6) is -1.26. The number of carbonyl (C=O) groups is 4. The second-order valence-corrected chi connectivity index (χ2v) is 8.54. The van der Waals surface area contributed by atoms with E-state index >= 15 is 0 Å². The Kier molecular flexibility index (Phi) is 4.87. The summed E-state index contributed by atoms with van der Waals surface area (Å²) in [5.41, 5.74) is -0.163. The van der Waals surface area contributed by atoms with E-state index in [4.69, 9.17) is 9.47 Å². The summed E-state index contributed by atoms with van der Waals surface area (Å²) < 4.78 is 11.0. The van der Waals surface area contributed by atoms with Crippen LogP contribution in [-0.2, 0) is 28.7 Å². The molecule has 3 aliphatic rings. The van der Waals surface area contributed by atoms with E-state index in [1.165, 1.54) is 6.92 Å². The summed E-state index contributed by atoms with van der Waals surface area (Å²) in [5, 5.41) is 0. The third-order valence-corrected chi connectivity index (χ3v) is 6.25. The van der Waals surface area contributed by atoms with Crippen LogP contribution in [0.15, 0.2) is 23.3 Å². The Morgan fingerprint density at radius 2 is 2.00 bits per heavy atom. The summed E-state index contributed by atoms with van der Waals surface area (Å²) in [4.78, 5) is 49.0. The number of hydrogen-bond acceptors (Lipinski definition) is 6. The molecule has 0 aromatic rings. The number of aldehydes is 1. The van der Waals surface area contributed by atoms with Crippen molar-refractivity contribution in [2.45, 2.75) is 59.0 Å². The summed E-state index contributed by atoms with van der Waals surface area (Å²) >= 11 is 0. The van der Waals surface area contributed by atoms with Crippen molar-refractivity contribution in [3.63, 3.8) is 0 Å². The quantitative estimate of drug-likeness (QED) is 0.429. The molecule has 1 aliphatic heterocycles. The number of ketones is 1. The number of carbonyl (C=O) groups excluding carboxylic acids is 4. The maximum absolute atomic E-state index is 13.4. The lowest BCUT2D eigenvalue weighted by atomic mass is 9.55. The predicted molar refractivity (Wildman–Crippen MR) is 96.5 cm³/mol. The minimum absolute atomic E-state index is 0.00993. The summed E-state index contributed by atoms with van der Waals surface area (Å²) in [7, 11) is 0. The lowest BCUT2D eigenvalue weighted by molar-refractivity contribution is -0.160. The Morgan fingerprint density at radius 1 is 1.30 bits per heavy atom. The summed E-state index contributed by atoms with van der Waals surface area (Å²) in [6.07, 6.45) is 2.73. The van der Waals surface area contributed by atoms with E-state index in [1.807, 2.05) is 13.8 Å². The van der Waals surface area contributed by atoms with Gasteiger partial charge in [0.1, 0.15) is 19.0 Å². The molecule has 0 aromatic carbocycles. The average Bonchev–Trinajstić information content (AvgIpc) is 2.61. The molecule has 1 spiro atoms. The first-order valence-corrected chi connectivity index (χ1v) is 9.39. The van der Waals surface area contributed by atoms with E-state index in [2.05, 4.69) is 6.58 Å². The Balaban J connectivity index is 2.16. The second kappa shape index (κ2) is 6.73. The van der Waals surface area contributed by atoms with Crippen LogP contribution in [0.25, 0.3) is 0 Å². The molecule has 1 fully saturated rings. The fourth-order valence-corrected chi connectivity index (χ4v) is 4.94. The summed E-state index contributed by atoms with van der Waals surface area (Å²) in [6.45, 7) is 8.88. The van der Waals surface area contributed by atoms with E-state index in [9.17, 15) is 19.2 Å². The molecule has 3 atom stereocenters. The molecule has 1 heterocycles. The highest BCUT2D eigenvalue weighted by atomic mass is 16.5. The SMILES string of the molecule is C=C(C=O)C1CC2=C(C(OC(C)=O)C1)C1(CCCC(C)(C)C1=O)COC2=O. The number of ether oxygens (including phenoxy) is 2. The van der Waals surface area contributed by atoms with Gasteiger partial charge < -0.3 is 9.47 Å². The molecule has 0 N–H and O–H groups in total. The largest absolute Gasteiger partial charge is 0.461 e. The number of Topliss-reactive ketones (excluding diaryl/α,β-unsaturated/α-hetero) is 1. The van der Waals surface area contributed by atoms with Crippen LogP contribution in [0.4, 0.5) is 0 Å². The monoisotopic (exact) mass is 374 g/mol. The Morgan fingerprint density at radius 3 is 2.63 bits per heavy atom. The van der Waals surface area contributed by atoms with Gasteiger partial charge in [-0.2, -0.15) is 0 Å². The van der Waals surface area contributed by atoms with Gasteiger partial charge in [-0.1, -0.05) is 26.8 Å². The van der Waals surface area contributed by atoms with Crippen LogP contribution in [0.3, 0.4) is 0 Å². The smallest absolute Gasteiger partial charge is 0.334 e. The highest BCUT2D eigenvalue weighted by Gasteiger charge is 2.58. The van der Waals surface area contributed by atoms with Crippen molar-refractivity contribution >= 4 is 24.0 Å². The number of allylic oxidation sites excluding steroid dienone is 1. The summed E-state index contributed by atoms with van der Waals surface area (Å²) in [6, 6.07) is 0. The number of cyclic esters (lactones) is 1. The van der Waals surface area contributed by atoms with Gasteiger partial charge in [0, 0.05) is 17.9 Å². The van der Waals surface area contributed by atoms with E-state index in [0.717, 1.165) is 12.8 Å². The van der Waals surface area contributed by atoms with Gasteiger partial charge in [0.15, 0.2) is 5.78 Å². The molecule has 0 saturated heterocycles. The first-order chi connectivity index (χ1) is 12.6. The number of esters is 2. The second-order valence-electron chi connectivity index (χ2n) is 8.54. The lowest BCUT2D eigenvalue weighted by Crippen LogP contribution is -2.55. The van der Waals surface area contributed by atoms with Crippen LogP contribution in [0.2, 0.25) is 0 Å². The molecule has 0 aromatic heterocycles. The van der Waals surface area contributed by atoms with Crippen molar-refractivity contribution in [2.75, 3.05) is 6.61 Å². The maximum Gasteiger partial charge on any atom is 0.334 e. The Labute approximate surface area is 159 Å². The van der Waals surface area contributed by atoms with Crippen molar-refractivity contribution in [3.8, 4) is 0 Å². The van der Waals surface area contributed by atoms with Crippen molar-refractivity contribution < 1.29 is 28.7 Å². The highest BCUT2D eigenvalue weighted by molar-refractivity contribution is 6.00. The third kappa shape index (κ3) is 3.15. The van der Waals surface area contributed by atoms with Gasteiger partial charge in [0.2, 0.25) is 0 Å². The predicted octanol–water partition coefficient (Wildman–Crippen LogP) is 2.70. The zero-order chi connectivity index (χ0) is 20.0. The van der Waals surface area contributed by atoms with Gasteiger partial charge in [0.25, 0.3) is 0 Å². The van der Waals surface area contributed by atoms with Crippen LogP contribution in [0, 0.1) is 16.7 Å². The maximum atomic E-state index is 13.4. The van der Waals surface area contributed by atoms with Gasteiger partial charge >= 0.3 is 11.9 Å².